The molecule has 0 radical (unpaired) electrons. The van der Waals surface area contributed by atoms with Crippen LogP contribution >= 0.6 is 0 Å². The molecule has 4 nitrogen and oxygen atoms in total. The number of nitrogens with zero attached hydrogens (tertiary/aromatic N) is 1. The molecule has 1 rings (SSSR count). The first-order chi connectivity index (χ1) is 4.83. The van der Waals surface area contributed by atoms with Gasteiger partial charge in [0.05, 0.1) is 0 Å². The van der Waals surface area contributed by atoms with Gasteiger partial charge in [-0.05, 0) is 12.1 Å². The van der Waals surface area contributed by atoms with Crippen LogP contribution in [-0.2, 0) is 11.3 Å². The molecule has 1 amide bonds. The van der Waals surface area contributed by atoms with Gasteiger partial charge in [0.1, 0.15) is 6.54 Å². The highest BCUT2D eigenvalue weighted by Crippen LogP contribution is 1.88. The van der Waals surface area contributed by atoms with Crippen LogP contribution in [0.3, 0.4) is 0 Å². The number of carbonyl (C=O) groups is 1. The summed E-state index contributed by atoms with van der Waals surface area (Å²) in [7, 11) is 0. The molecule has 0 bridgehead atoms. The number of rotatable bonds is 2. The summed E-state index contributed by atoms with van der Waals surface area (Å²) in [6, 6.07) is 3.62. The maximum Gasteiger partial charge on any atom is 0.263 e. The van der Waals surface area contributed by atoms with Gasteiger partial charge in [-0.1, -0.05) is 0 Å². The molecule has 0 aliphatic rings. The van der Waals surface area contributed by atoms with Gasteiger partial charge in [0.25, 0.3) is 5.91 Å². The SMILES string of the molecule is O=C(Cn1cccc1)NO. The van der Waals surface area contributed by atoms with Crippen molar-refractivity contribution in [1.82, 2.24) is 10.0 Å². The lowest BCUT2D eigenvalue weighted by atomic mass is 10.6. The summed E-state index contributed by atoms with van der Waals surface area (Å²) < 4.78 is 1.66. The van der Waals surface area contributed by atoms with Crippen molar-refractivity contribution in [2.75, 3.05) is 0 Å². The molecular formula is C6H8N2O2. The van der Waals surface area contributed by atoms with Crippen LogP contribution in [0, 0.1) is 0 Å². The van der Waals surface area contributed by atoms with E-state index in [1.54, 1.807) is 22.4 Å². The number of hydrogen-bond donors (Lipinski definition) is 2. The van der Waals surface area contributed by atoms with Gasteiger partial charge in [0.15, 0.2) is 0 Å². The van der Waals surface area contributed by atoms with Gasteiger partial charge < -0.3 is 4.57 Å². The molecule has 1 aromatic rings. The molecule has 0 fully saturated rings. The number of amides is 1. The van der Waals surface area contributed by atoms with Crippen molar-refractivity contribution in [2.45, 2.75) is 6.54 Å². The highest BCUT2D eigenvalue weighted by Gasteiger charge is 1.96. The molecule has 0 saturated heterocycles. The van der Waals surface area contributed by atoms with Crippen molar-refractivity contribution in [3.63, 3.8) is 0 Å². The zero-order valence-electron chi connectivity index (χ0n) is 5.32. The molecule has 0 atom stereocenters. The quantitative estimate of drug-likeness (QED) is 0.448. The lowest BCUT2D eigenvalue weighted by Crippen LogP contribution is -2.23. The van der Waals surface area contributed by atoms with Gasteiger partial charge in [0.2, 0.25) is 0 Å². The molecule has 1 aromatic heterocycles. The second-order valence-corrected chi connectivity index (χ2v) is 1.89. The smallest absolute Gasteiger partial charge is 0.263 e. The second kappa shape index (κ2) is 3.03. The van der Waals surface area contributed by atoms with Gasteiger partial charge in [-0.3, -0.25) is 10.0 Å². The summed E-state index contributed by atoms with van der Waals surface area (Å²) in [5.41, 5.74) is 1.54. The van der Waals surface area contributed by atoms with Gasteiger partial charge in [0, 0.05) is 12.4 Å². The van der Waals surface area contributed by atoms with Gasteiger partial charge in [-0.2, -0.15) is 0 Å². The van der Waals surface area contributed by atoms with Crippen LogP contribution < -0.4 is 5.48 Å². The third-order valence-corrected chi connectivity index (χ3v) is 1.12. The summed E-state index contributed by atoms with van der Waals surface area (Å²) in [6.07, 6.45) is 3.49. The fourth-order valence-electron chi connectivity index (χ4n) is 0.677. The average molecular weight is 140 g/mol. The minimum atomic E-state index is -0.420. The van der Waals surface area contributed by atoms with Crippen molar-refractivity contribution in [2.24, 2.45) is 0 Å². The molecular weight excluding hydrogens is 132 g/mol. The third-order valence-electron chi connectivity index (χ3n) is 1.12. The Morgan fingerprint density at radius 3 is 2.60 bits per heavy atom. The maximum absolute atomic E-state index is 10.5. The molecule has 0 saturated carbocycles. The summed E-state index contributed by atoms with van der Waals surface area (Å²) in [6.45, 7) is 0.156. The van der Waals surface area contributed by atoms with E-state index in [1.165, 1.54) is 0 Å². The number of carbonyl (C=O) groups excluding carboxylic acids is 1. The summed E-state index contributed by atoms with van der Waals surface area (Å²) in [4.78, 5) is 10.5. The van der Waals surface area contributed by atoms with E-state index in [9.17, 15) is 4.79 Å². The molecule has 0 aromatic carbocycles. The molecule has 2 N–H and O–H groups in total. The lowest BCUT2D eigenvalue weighted by molar-refractivity contribution is -0.129. The molecule has 1 heterocycles. The predicted molar refractivity (Wildman–Crippen MR) is 34.4 cm³/mol. The topological polar surface area (TPSA) is 54.3 Å². The van der Waals surface area contributed by atoms with Crippen molar-refractivity contribution < 1.29 is 10.0 Å². The zero-order chi connectivity index (χ0) is 7.40. The molecule has 4 heteroatoms. The van der Waals surface area contributed by atoms with E-state index in [4.69, 9.17) is 5.21 Å². The summed E-state index contributed by atoms with van der Waals surface area (Å²) in [5.74, 6) is -0.420. The van der Waals surface area contributed by atoms with Crippen LogP contribution in [-0.4, -0.2) is 15.7 Å². The van der Waals surface area contributed by atoms with Crippen LogP contribution in [0.25, 0.3) is 0 Å². The first-order valence-corrected chi connectivity index (χ1v) is 2.86. The standard InChI is InChI=1S/C6H8N2O2/c9-6(7-10)5-8-3-1-2-4-8/h1-4,10H,5H2,(H,7,9). The lowest BCUT2D eigenvalue weighted by Gasteiger charge is -1.98. The van der Waals surface area contributed by atoms with E-state index >= 15 is 0 Å². The first-order valence-electron chi connectivity index (χ1n) is 2.86. The summed E-state index contributed by atoms with van der Waals surface area (Å²) >= 11 is 0. The van der Waals surface area contributed by atoms with Crippen LogP contribution in [0.4, 0.5) is 0 Å². The Labute approximate surface area is 58.0 Å². The van der Waals surface area contributed by atoms with Gasteiger partial charge in [-0.15, -0.1) is 0 Å². The minimum absolute atomic E-state index is 0.156. The largest absolute Gasteiger partial charge is 0.345 e. The summed E-state index contributed by atoms with van der Waals surface area (Å²) in [5, 5.41) is 8.12. The zero-order valence-corrected chi connectivity index (χ0v) is 5.32. The van der Waals surface area contributed by atoms with E-state index in [2.05, 4.69) is 0 Å². The van der Waals surface area contributed by atoms with Crippen molar-refractivity contribution in [3.05, 3.63) is 24.5 Å². The Balaban J connectivity index is 2.48. The van der Waals surface area contributed by atoms with Crippen molar-refractivity contribution in [1.29, 1.82) is 0 Å². The van der Waals surface area contributed by atoms with E-state index in [0.29, 0.717) is 0 Å². The monoisotopic (exact) mass is 140 g/mol. The number of hydrogen-bond acceptors (Lipinski definition) is 2. The van der Waals surface area contributed by atoms with Crippen LogP contribution in [0.15, 0.2) is 24.5 Å². The Morgan fingerprint density at radius 2 is 2.10 bits per heavy atom. The van der Waals surface area contributed by atoms with E-state index in [1.807, 2.05) is 12.1 Å². The van der Waals surface area contributed by atoms with Crippen molar-refractivity contribution in [3.8, 4) is 0 Å². The second-order valence-electron chi connectivity index (χ2n) is 1.89. The van der Waals surface area contributed by atoms with Crippen LogP contribution in [0.2, 0.25) is 0 Å². The maximum atomic E-state index is 10.5. The Morgan fingerprint density at radius 1 is 1.50 bits per heavy atom. The fraction of sp³-hybridized carbons (Fsp3) is 0.167. The normalized spacial score (nSPS) is 9.30. The molecule has 0 aliphatic heterocycles. The van der Waals surface area contributed by atoms with Crippen LogP contribution in [0.1, 0.15) is 0 Å². The molecule has 0 unspecified atom stereocenters. The van der Waals surface area contributed by atoms with Gasteiger partial charge in [-0.25, -0.2) is 5.48 Å². The third kappa shape index (κ3) is 1.60. The molecule has 54 valence electrons. The Kier molecular flexibility index (Phi) is 2.07. The Bertz CT molecular complexity index is 206. The van der Waals surface area contributed by atoms with Gasteiger partial charge >= 0.3 is 0 Å². The molecule has 0 spiro atoms. The minimum Gasteiger partial charge on any atom is -0.345 e. The highest BCUT2D eigenvalue weighted by atomic mass is 16.5. The number of nitrogens with one attached hydrogen (secondary N) is 1. The average Bonchev–Trinajstić information content (AvgIpc) is 2.40. The molecule has 0 aliphatic carbocycles. The Hall–Kier alpha value is -1.29. The van der Waals surface area contributed by atoms with Crippen molar-refractivity contribution >= 4 is 5.91 Å². The van der Waals surface area contributed by atoms with Crippen LogP contribution in [0.5, 0.6) is 0 Å². The van der Waals surface area contributed by atoms with E-state index < -0.39 is 5.91 Å². The first kappa shape index (κ1) is 6.82. The van der Waals surface area contributed by atoms with E-state index in [0.717, 1.165) is 0 Å². The number of aromatic nitrogens is 1. The fourth-order valence-corrected chi connectivity index (χ4v) is 0.677. The predicted octanol–water partition coefficient (Wildman–Crippen LogP) is -0.00650. The molecule has 10 heavy (non-hydrogen) atoms. The van der Waals surface area contributed by atoms with E-state index in [-0.39, 0.29) is 6.54 Å². The number of hydroxylamine groups is 1. The highest BCUT2D eigenvalue weighted by molar-refractivity contribution is 5.74.